The highest BCUT2D eigenvalue weighted by atomic mass is 32.1. The quantitative estimate of drug-likeness (QED) is 0.865. The summed E-state index contributed by atoms with van der Waals surface area (Å²) in [6.45, 7) is 4.30. The van der Waals surface area contributed by atoms with Gasteiger partial charge in [0.05, 0.1) is 4.88 Å². The van der Waals surface area contributed by atoms with Crippen LogP contribution in [-0.2, 0) is 0 Å². The average molecular weight is 245 g/mol. The van der Waals surface area contributed by atoms with Crippen molar-refractivity contribution in [3.63, 3.8) is 0 Å². The number of thiophene rings is 1. The number of hydrogen-bond donors (Lipinski definition) is 1. The van der Waals surface area contributed by atoms with Crippen LogP contribution in [0.1, 0.15) is 35.0 Å². The van der Waals surface area contributed by atoms with E-state index in [1.54, 1.807) is 0 Å². The summed E-state index contributed by atoms with van der Waals surface area (Å²) in [6.07, 6.45) is 0. The zero-order chi connectivity index (χ0) is 12.3. The van der Waals surface area contributed by atoms with Gasteiger partial charge in [0.15, 0.2) is 0 Å². The van der Waals surface area contributed by atoms with E-state index in [2.05, 4.69) is 31.3 Å². The molecule has 1 heterocycles. The predicted octanol–water partition coefficient (Wildman–Crippen LogP) is 4.12. The first kappa shape index (κ1) is 11.9. The first-order valence-electron chi connectivity index (χ1n) is 5.61. The minimum atomic E-state index is -0.0442. The van der Waals surface area contributed by atoms with Gasteiger partial charge in [-0.15, -0.1) is 11.3 Å². The summed E-state index contributed by atoms with van der Waals surface area (Å²) < 4.78 is 0. The Morgan fingerprint density at radius 3 is 2.41 bits per heavy atom. The molecule has 0 aliphatic heterocycles. The highest BCUT2D eigenvalue weighted by molar-refractivity contribution is 7.12. The zero-order valence-electron chi connectivity index (χ0n) is 9.94. The molecule has 1 aromatic heterocycles. The number of amides is 1. The van der Waals surface area contributed by atoms with Crippen molar-refractivity contribution in [1.29, 1.82) is 0 Å². The highest BCUT2D eigenvalue weighted by Gasteiger charge is 2.06. The molecule has 3 heteroatoms. The van der Waals surface area contributed by atoms with Gasteiger partial charge in [0.2, 0.25) is 0 Å². The topological polar surface area (TPSA) is 29.1 Å². The fraction of sp³-hybridized carbons (Fsp3) is 0.214. The van der Waals surface area contributed by atoms with Crippen LogP contribution in [0.15, 0.2) is 41.8 Å². The zero-order valence-corrected chi connectivity index (χ0v) is 10.8. The highest BCUT2D eigenvalue weighted by Crippen LogP contribution is 2.18. The number of carbonyl (C=O) groups is 1. The molecule has 1 N–H and O–H groups in total. The van der Waals surface area contributed by atoms with E-state index in [9.17, 15) is 4.79 Å². The third-order valence-electron chi connectivity index (χ3n) is 2.58. The molecular weight excluding hydrogens is 230 g/mol. The molecule has 0 spiro atoms. The lowest BCUT2D eigenvalue weighted by molar-refractivity contribution is 0.103. The summed E-state index contributed by atoms with van der Waals surface area (Å²) in [6, 6.07) is 11.7. The van der Waals surface area contributed by atoms with Crippen molar-refractivity contribution < 1.29 is 4.79 Å². The molecule has 88 valence electrons. The third-order valence-corrected chi connectivity index (χ3v) is 3.45. The van der Waals surface area contributed by atoms with Crippen LogP contribution < -0.4 is 5.32 Å². The van der Waals surface area contributed by atoms with Crippen molar-refractivity contribution in [1.82, 2.24) is 0 Å². The Morgan fingerprint density at radius 1 is 1.18 bits per heavy atom. The normalized spacial score (nSPS) is 10.5. The fourth-order valence-corrected chi connectivity index (χ4v) is 2.17. The summed E-state index contributed by atoms with van der Waals surface area (Å²) in [5.74, 6) is 0.467. The van der Waals surface area contributed by atoms with E-state index in [1.807, 2.05) is 29.6 Å². The monoisotopic (exact) mass is 245 g/mol. The molecule has 1 aromatic carbocycles. The first-order chi connectivity index (χ1) is 8.16. The van der Waals surface area contributed by atoms with Gasteiger partial charge in [0.1, 0.15) is 0 Å². The van der Waals surface area contributed by atoms with Gasteiger partial charge < -0.3 is 5.32 Å². The number of rotatable bonds is 3. The van der Waals surface area contributed by atoms with Crippen LogP contribution in [0.4, 0.5) is 5.69 Å². The number of nitrogens with one attached hydrogen (secondary N) is 1. The Morgan fingerprint density at radius 2 is 1.88 bits per heavy atom. The Hall–Kier alpha value is -1.61. The molecule has 0 saturated heterocycles. The first-order valence-corrected chi connectivity index (χ1v) is 6.49. The lowest BCUT2D eigenvalue weighted by Gasteiger charge is -2.07. The van der Waals surface area contributed by atoms with E-state index >= 15 is 0 Å². The Kier molecular flexibility index (Phi) is 3.59. The van der Waals surface area contributed by atoms with Crippen LogP contribution in [0, 0.1) is 0 Å². The van der Waals surface area contributed by atoms with Gasteiger partial charge >= 0.3 is 0 Å². The minimum Gasteiger partial charge on any atom is -0.321 e. The van der Waals surface area contributed by atoms with Crippen LogP contribution in [-0.4, -0.2) is 5.91 Å². The standard InChI is InChI=1S/C14H15NOS/c1-10(2)11-5-7-12(8-6-11)15-14(16)13-4-3-9-17-13/h3-10H,1-2H3,(H,15,16). The van der Waals surface area contributed by atoms with Gasteiger partial charge in [-0.3, -0.25) is 4.79 Å². The Bertz CT molecular complexity index is 485. The third kappa shape index (κ3) is 2.94. The largest absolute Gasteiger partial charge is 0.321 e. The van der Waals surface area contributed by atoms with Crippen molar-refractivity contribution in [2.45, 2.75) is 19.8 Å². The maximum absolute atomic E-state index is 11.8. The van der Waals surface area contributed by atoms with E-state index in [0.717, 1.165) is 10.6 Å². The SMILES string of the molecule is CC(C)c1ccc(NC(=O)c2cccs2)cc1. The summed E-state index contributed by atoms with van der Waals surface area (Å²) in [7, 11) is 0. The number of hydrogen-bond acceptors (Lipinski definition) is 2. The van der Waals surface area contributed by atoms with Gasteiger partial charge in [0, 0.05) is 5.69 Å². The van der Waals surface area contributed by atoms with Gasteiger partial charge in [-0.25, -0.2) is 0 Å². The summed E-state index contributed by atoms with van der Waals surface area (Å²) in [5.41, 5.74) is 2.12. The Balaban J connectivity index is 2.07. The van der Waals surface area contributed by atoms with Gasteiger partial charge in [-0.05, 0) is 35.1 Å². The molecule has 0 saturated carbocycles. The summed E-state index contributed by atoms with van der Waals surface area (Å²) in [5, 5.41) is 4.78. The van der Waals surface area contributed by atoms with E-state index in [1.165, 1.54) is 16.9 Å². The maximum Gasteiger partial charge on any atom is 0.265 e. The molecule has 0 aliphatic rings. The molecule has 0 aliphatic carbocycles. The van der Waals surface area contributed by atoms with E-state index in [4.69, 9.17) is 0 Å². The van der Waals surface area contributed by atoms with Gasteiger partial charge in [-0.2, -0.15) is 0 Å². The van der Waals surface area contributed by atoms with Crippen LogP contribution in [0.3, 0.4) is 0 Å². The number of anilines is 1. The summed E-state index contributed by atoms with van der Waals surface area (Å²) >= 11 is 1.45. The average Bonchev–Trinajstić information content (AvgIpc) is 2.83. The van der Waals surface area contributed by atoms with E-state index < -0.39 is 0 Å². The van der Waals surface area contributed by atoms with Gasteiger partial charge in [-0.1, -0.05) is 32.0 Å². The van der Waals surface area contributed by atoms with Crippen molar-refractivity contribution in [2.24, 2.45) is 0 Å². The lowest BCUT2D eigenvalue weighted by atomic mass is 10.0. The van der Waals surface area contributed by atoms with Crippen molar-refractivity contribution >= 4 is 22.9 Å². The maximum atomic E-state index is 11.8. The van der Waals surface area contributed by atoms with Crippen molar-refractivity contribution in [2.75, 3.05) is 5.32 Å². The lowest BCUT2D eigenvalue weighted by Crippen LogP contribution is -2.09. The molecule has 0 unspecified atom stereocenters. The van der Waals surface area contributed by atoms with Crippen molar-refractivity contribution in [3.8, 4) is 0 Å². The fourth-order valence-electron chi connectivity index (χ4n) is 1.55. The second-order valence-electron chi connectivity index (χ2n) is 4.21. The van der Waals surface area contributed by atoms with Crippen molar-refractivity contribution in [3.05, 3.63) is 52.2 Å². The van der Waals surface area contributed by atoms with Crippen LogP contribution in [0.5, 0.6) is 0 Å². The molecule has 2 rings (SSSR count). The molecule has 0 fully saturated rings. The molecule has 1 amide bonds. The van der Waals surface area contributed by atoms with Crippen LogP contribution >= 0.6 is 11.3 Å². The molecule has 0 atom stereocenters. The number of benzene rings is 1. The minimum absolute atomic E-state index is 0.0442. The van der Waals surface area contributed by atoms with Crippen LogP contribution in [0.2, 0.25) is 0 Å². The van der Waals surface area contributed by atoms with E-state index in [-0.39, 0.29) is 5.91 Å². The van der Waals surface area contributed by atoms with Gasteiger partial charge in [0.25, 0.3) is 5.91 Å². The Labute approximate surface area is 105 Å². The molecule has 2 aromatic rings. The predicted molar refractivity (Wildman–Crippen MR) is 72.8 cm³/mol. The second-order valence-corrected chi connectivity index (χ2v) is 5.16. The molecule has 0 radical (unpaired) electrons. The molecule has 2 nitrogen and oxygen atoms in total. The number of carbonyl (C=O) groups excluding carboxylic acids is 1. The second kappa shape index (κ2) is 5.15. The molecule has 17 heavy (non-hydrogen) atoms. The molecular formula is C14H15NOS. The molecule has 0 bridgehead atoms. The smallest absolute Gasteiger partial charge is 0.265 e. The van der Waals surface area contributed by atoms with E-state index in [0.29, 0.717) is 5.92 Å². The summed E-state index contributed by atoms with van der Waals surface area (Å²) in [4.78, 5) is 12.5. The van der Waals surface area contributed by atoms with Crippen LogP contribution in [0.25, 0.3) is 0 Å².